The van der Waals surface area contributed by atoms with Crippen LogP contribution in [0.3, 0.4) is 0 Å². The molecule has 0 amide bonds. The topological polar surface area (TPSA) is 29.5 Å². The Labute approximate surface area is 91.9 Å². The molecule has 1 rings (SSSR count). The zero-order chi connectivity index (χ0) is 11.3. The second kappa shape index (κ2) is 5.89. The molecule has 0 spiro atoms. The molecule has 15 heavy (non-hydrogen) atoms. The molecule has 0 radical (unpaired) electrons. The van der Waals surface area contributed by atoms with Gasteiger partial charge in [-0.05, 0) is 17.0 Å². The largest absolute Gasteiger partial charge is 0.388 e. The minimum atomic E-state index is -0.411. The molecule has 0 heterocycles. The maximum Gasteiger partial charge on any atom is 0.0812 e. The third-order valence-corrected chi connectivity index (χ3v) is 2.58. The highest BCUT2D eigenvalue weighted by atomic mass is 16.5. The number of methoxy groups -OCH3 is 1. The molecule has 0 saturated carbocycles. The summed E-state index contributed by atoms with van der Waals surface area (Å²) in [4.78, 5) is 0. The lowest BCUT2D eigenvalue weighted by Crippen LogP contribution is -2.02. The van der Waals surface area contributed by atoms with E-state index in [0.29, 0.717) is 18.9 Å². The highest BCUT2D eigenvalue weighted by Crippen LogP contribution is 2.20. The van der Waals surface area contributed by atoms with E-state index in [1.165, 1.54) is 5.56 Å². The van der Waals surface area contributed by atoms with Gasteiger partial charge < -0.3 is 9.84 Å². The molecular weight excluding hydrogens is 188 g/mol. The van der Waals surface area contributed by atoms with E-state index in [2.05, 4.69) is 26.0 Å². The zero-order valence-electron chi connectivity index (χ0n) is 9.73. The molecule has 1 N–H and O–H groups in total. The van der Waals surface area contributed by atoms with Crippen LogP contribution in [-0.4, -0.2) is 18.8 Å². The van der Waals surface area contributed by atoms with Crippen LogP contribution in [0.4, 0.5) is 0 Å². The minimum Gasteiger partial charge on any atom is -0.388 e. The maximum absolute atomic E-state index is 9.80. The Morgan fingerprint density at radius 3 is 2.13 bits per heavy atom. The molecule has 0 bridgehead atoms. The van der Waals surface area contributed by atoms with Crippen LogP contribution in [0.5, 0.6) is 0 Å². The molecular formula is C13H20O2. The van der Waals surface area contributed by atoms with E-state index in [1.807, 2.05) is 12.1 Å². The average molecular weight is 208 g/mol. The number of aliphatic hydroxyl groups is 1. The Hall–Kier alpha value is -0.860. The lowest BCUT2D eigenvalue weighted by atomic mass is 9.99. The number of ether oxygens (including phenoxy) is 1. The maximum atomic E-state index is 9.80. The van der Waals surface area contributed by atoms with Gasteiger partial charge in [0, 0.05) is 20.1 Å². The van der Waals surface area contributed by atoms with Crippen LogP contribution in [0.2, 0.25) is 0 Å². The van der Waals surface area contributed by atoms with E-state index in [4.69, 9.17) is 4.74 Å². The van der Waals surface area contributed by atoms with E-state index < -0.39 is 6.10 Å². The third kappa shape index (κ3) is 3.65. The summed E-state index contributed by atoms with van der Waals surface area (Å²) in [7, 11) is 1.65. The van der Waals surface area contributed by atoms with Gasteiger partial charge in [0.2, 0.25) is 0 Å². The van der Waals surface area contributed by atoms with Gasteiger partial charge >= 0.3 is 0 Å². The van der Waals surface area contributed by atoms with Crippen molar-refractivity contribution in [2.45, 2.75) is 32.3 Å². The number of aliphatic hydroxyl groups excluding tert-OH is 1. The molecule has 1 unspecified atom stereocenters. The van der Waals surface area contributed by atoms with Crippen LogP contribution in [0.15, 0.2) is 24.3 Å². The minimum absolute atomic E-state index is 0.411. The highest BCUT2D eigenvalue weighted by molar-refractivity contribution is 5.25. The fourth-order valence-corrected chi connectivity index (χ4v) is 1.50. The summed E-state index contributed by atoms with van der Waals surface area (Å²) in [6.45, 7) is 4.92. The number of benzene rings is 1. The molecule has 1 aromatic rings. The van der Waals surface area contributed by atoms with E-state index in [9.17, 15) is 5.11 Å². The quantitative estimate of drug-likeness (QED) is 0.806. The van der Waals surface area contributed by atoms with Crippen molar-refractivity contribution in [1.82, 2.24) is 0 Å². The summed E-state index contributed by atoms with van der Waals surface area (Å²) in [5.74, 6) is 0.537. The van der Waals surface area contributed by atoms with Gasteiger partial charge in [-0.15, -0.1) is 0 Å². The summed E-state index contributed by atoms with van der Waals surface area (Å²) in [5, 5.41) is 9.80. The van der Waals surface area contributed by atoms with Crippen molar-refractivity contribution in [3.63, 3.8) is 0 Å². The first-order valence-corrected chi connectivity index (χ1v) is 5.42. The molecule has 0 aliphatic heterocycles. The second-order valence-corrected chi connectivity index (χ2v) is 4.12. The summed E-state index contributed by atoms with van der Waals surface area (Å²) in [6, 6.07) is 8.15. The first kappa shape index (κ1) is 12.2. The highest BCUT2D eigenvalue weighted by Gasteiger charge is 2.07. The van der Waals surface area contributed by atoms with Gasteiger partial charge in [-0.25, -0.2) is 0 Å². The van der Waals surface area contributed by atoms with Crippen LogP contribution in [0.1, 0.15) is 43.4 Å². The van der Waals surface area contributed by atoms with Crippen molar-refractivity contribution in [2.75, 3.05) is 13.7 Å². The number of hydrogen-bond acceptors (Lipinski definition) is 2. The van der Waals surface area contributed by atoms with Crippen LogP contribution in [0.25, 0.3) is 0 Å². The standard InChI is InChI=1S/C13H20O2/c1-10(2)11-4-6-12(7-5-11)13(14)8-9-15-3/h4-7,10,13-14H,8-9H2,1-3H3. The molecule has 0 aliphatic carbocycles. The third-order valence-electron chi connectivity index (χ3n) is 2.58. The molecule has 0 aliphatic rings. The van der Waals surface area contributed by atoms with E-state index >= 15 is 0 Å². The smallest absolute Gasteiger partial charge is 0.0812 e. The monoisotopic (exact) mass is 208 g/mol. The van der Waals surface area contributed by atoms with Crippen LogP contribution in [0, 0.1) is 0 Å². The SMILES string of the molecule is COCCC(O)c1ccc(C(C)C)cc1. The molecule has 0 aromatic heterocycles. The van der Waals surface area contributed by atoms with Crippen molar-refractivity contribution in [3.8, 4) is 0 Å². The second-order valence-electron chi connectivity index (χ2n) is 4.12. The molecule has 2 heteroatoms. The van der Waals surface area contributed by atoms with Gasteiger partial charge in [0.15, 0.2) is 0 Å². The van der Waals surface area contributed by atoms with Crippen molar-refractivity contribution in [1.29, 1.82) is 0 Å². The fourth-order valence-electron chi connectivity index (χ4n) is 1.50. The van der Waals surface area contributed by atoms with Crippen molar-refractivity contribution < 1.29 is 9.84 Å². The summed E-state index contributed by atoms with van der Waals surface area (Å²) >= 11 is 0. The zero-order valence-corrected chi connectivity index (χ0v) is 9.73. The molecule has 84 valence electrons. The summed E-state index contributed by atoms with van der Waals surface area (Å²) in [6.07, 6.45) is 0.239. The van der Waals surface area contributed by atoms with Gasteiger partial charge in [-0.1, -0.05) is 38.1 Å². The van der Waals surface area contributed by atoms with Crippen molar-refractivity contribution >= 4 is 0 Å². The number of hydrogen-bond donors (Lipinski definition) is 1. The Morgan fingerprint density at radius 1 is 1.13 bits per heavy atom. The van der Waals surface area contributed by atoms with E-state index in [-0.39, 0.29) is 0 Å². The lowest BCUT2D eigenvalue weighted by Gasteiger charge is -2.12. The Morgan fingerprint density at radius 2 is 1.67 bits per heavy atom. The first-order chi connectivity index (χ1) is 7.15. The first-order valence-electron chi connectivity index (χ1n) is 5.42. The molecule has 1 aromatic carbocycles. The predicted molar refractivity (Wildman–Crippen MR) is 62.0 cm³/mol. The Bertz CT molecular complexity index is 277. The van der Waals surface area contributed by atoms with Gasteiger partial charge in [0.25, 0.3) is 0 Å². The van der Waals surface area contributed by atoms with Gasteiger partial charge in [0.1, 0.15) is 0 Å². The normalized spacial score (nSPS) is 13.1. The molecule has 0 saturated heterocycles. The Balaban J connectivity index is 2.62. The molecule has 1 atom stereocenters. The van der Waals surface area contributed by atoms with Crippen LogP contribution < -0.4 is 0 Å². The van der Waals surface area contributed by atoms with Crippen LogP contribution in [-0.2, 0) is 4.74 Å². The van der Waals surface area contributed by atoms with Gasteiger partial charge in [-0.2, -0.15) is 0 Å². The van der Waals surface area contributed by atoms with E-state index in [0.717, 1.165) is 5.56 Å². The lowest BCUT2D eigenvalue weighted by molar-refractivity contribution is 0.110. The fraction of sp³-hybridized carbons (Fsp3) is 0.538. The average Bonchev–Trinajstić information content (AvgIpc) is 2.26. The van der Waals surface area contributed by atoms with Gasteiger partial charge in [0.05, 0.1) is 6.10 Å². The number of rotatable bonds is 5. The summed E-state index contributed by atoms with van der Waals surface area (Å²) in [5.41, 5.74) is 2.27. The summed E-state index contributed by atoms with van der Waals surface area (Å²) < 4.78 is 4.94. The molecule has 0 fully saturated rings. The van der Waals surface area contributed by atoms with Crippen LogP contribution >= 0.6 is 0 Å². The van der Waals surface area contributed by atoms with Gasteiger partial charge in [-0.3, -0.25) is 0 Å². The van der Waals surface area contributed by atoms with Crippen molar-refractivity contribution in [3.05, 3.63) is 35.4 Å². The molecule has 2 nitrogen and oxygen atoms in total. The van der Waals surface area contributed by atoms with E-state index in [1.54, 1.807) is 7.11 Å². The predicted octanol–water partition coefficient (Wildman–Crippen LogP) is 2.88. The van der Waals surface area contributed by atoms with Crippen molar-refractivity contribution in [2.24, 2.45) is 0 Å². The Kier molecular flexibility index (Phi) is 4.79.